The van der Waals surface area contributed by atoms with E-state index in [9.17, 15) is 10.1 Å². The van der Waals surface area contributed by atoms with Gasteiger partial charge in [-0.05, 0) is 36.8 Å². The quantitative estimate of drug-likeness (QED) is 0.541. The average molecular weight is 321 g/mol. The van der Waals surface area contributed by atoms with Crippen molar-refractivity contribution in [2.45, 2.75) is 6.92 Å². The van der Waals surface area contributed by atoms with Crippen molar-refractivity contribution in [1.29, 1.82) is 0 Å². The van der Waals surface area contributed by atoms with Crippen molar-refractivity contribution in [3.8, 4) is 0 Å². The topological polar surface area (TPSA) is 93.0 Å². The van der Waals surface area contributed by atoms with Crippen molar-refractivity contribution in [1.82, 2.24) is 9.97 Å². The van der Waals surface area contributed by atoms with E-state index in [1.165, 1.54) is 6.33 Å². The van der Waals surface area contributed by atoms with E-state index in [-0.39, 0.29) is 17.3 Å². The molecular weight excluding hydrogens is 306 g/mol. The first kappa shape index (κ1) is 15.4. The number of aromatic nitrogens is 2. The molecule has 1 heterocycles. The van der Waals surface area contributed by atoms with E-state index >= 15 is 0 Å². The molecule has 7 nitrogen and oxygen atoms in total. The number of aryl methyl sites for hydroxylation is 1. The van der Waals surface area contributed by atoms with E-state index in [4.69, 9.17) is 0 Å². The SMILES string of the molecule is Cc1cccc(Nc2ncnc(Nc3ccccc3)c2[N+](=O)[O-])c1. The van der Waals surface area contributed by atoms with Gasteiger partial charge in [0.2, 0.25) is 11.6 Å². The standard InChI is InChI=1S/C17H15N5O2/c1-12-6-5-9-14(10-12)21-17-15(22(23)24)16(18-11-19-17)20-13-7-3-2-4-8-13/h2-11H,1H3,(H2,18,19,20,21). The summed E-state index contributed by atoms with van der Waals surface area (Å²) in [5.41, 5.74) is 2.27. The van der Waals surface area contributed by atoms with Gasteiger partial charge in [-0.25, -0.2) is 9.97 Å². The van der Waals surface area contributed by atoms with Crippen LogP contribution >= 0.6 is 0 Å². The van der Waals surface area contributed by atoms with Crippen LogP contribution in [0, 0.1) is 17.0 Å². The minimum absolute atomic E-state index is 0.136. The zero-order valence-electron chi connectivity index (χ0n) is 12.9. The van der Waals surface area contributed by atoms with E-state index in [0.29, 0.717) is 5.69 Å². The van der Waals surface area contributed by atoms with E-state index < -0.39 is 4.92 Å². The lowest BCUT2D eigenvalue weighted by molar-refractivity contribution is -0.383. The van der Waals surface area contributed by atoms with Gasteiger partial charge < -0.3 is 10.6 Å². The first-order chi connectivity index (χ1) is 11.6. The van der Waals surface area contributed by atoms with Crippen molar-refractivity contribution in [2.75, 3.05) is 10.6 Å². The van der Waals surface area contributed by atoms with Gasteiger partial charge in [-0.1, -0.05) is 30.3 Å². The van der Waals surface area contributed by atoms with Crippen molar-refractivity contribution in [3.63, 3.8) is 0 Å². The minimum Gasteiger partial charge on any atom is -0.334 e. The summed E-state index contributed by atoms with van der Waals surface area (Å²) in [6.45, 7) is 1.95. The Bertz CT molecular complexity index is 868. The van der Waals surface area contributed by atoms with Crippen molar-refractivity contribution >= 4 is 28.7 Å². The summed E-state index contributed by atoms with van der Waals surface area (Å²) in [4.78, 5) is 19.1. The summed E-state index contributed by atoms with van der Waals surface area (Å²) in [6, 6.07) is 16.7. The lowest BCUT2D eigenvalue weighted by Gasteiger charge is -2.10. The van der Waals surface area contributed by atoms with Crippen LogP contribution in [-0.2, 0) is 0 Å². The van der Waals surface area contributed by atoms with Gasteiger partial charge in [0.15, 0.2) is 0 Å². The molecule has 2 aromatic carbocycles. The molecule has 3 aromatic rings. The summed E-state index contributed by atoms with van der Waals surface area (Å²) >= 11 is 0. The second kappa shape index (κ2) is 6.74. The second-order valence-corrected chi connectivity index (χ2v) is 5.16. The van der Waals surface area contributed by atoms with E-state index in [2.05, 4.69) is 20.6 Å². The lowest BCUT2D eigenvalue weighted by atomic mass is 10.2. The lowest BCUT2D eigenvalue weighted by Crippen LogP contribution is -2.05. The monoisotopic (exact) mass is 321 g/mol. The maximum atomic E-state index is 11.5. The second-order valence-electron chi connectivity index (χ2n) is 5.16. The van der Waals surface area contributed by atoms with Crippen LogP contribution in [0.25, 0.3) is 0 Å². The number of anilines is 4. The molecule has 0 fully saturated rings. The van der Waals surface area contributed by atoms with Crippen LogP contribution < -0.4 is 10.6 Å². The largest absolute Gasteiger partial charge is 0.353 e. The van der Waals surface area contributed by atoms with E-state index in [0.717, 1.165) is 11.3 Å². The third-order valence-electron chi connectivity index (χ3n) is 3.32. The van der Waals surface area contributed by atoms with Crippen LogP contribution in [0.2, 0.25) is 0 Å². The average Bonchev–Trinajstić information content (AvgIpc) is 2.56. The highest BCUT2D eigenvalue weighted by atomic mass is 16.6. The highest BCUT2D eigenvalue weighted by Gasteiger charge is 2.23. The molecule has 0 aliphatic rings. The molecule has 7 heteroatoms. The normalized spacial score (nSPS) is 10.2. The molecule has 2 N–H and O–H groups in total. The number of benzene rings is 2. The number of rotatable bonds is 5. The van der Waals surface area contributed by atoms with Crippen LogP contribution in [-0.4, -0.2) is 14.9 Å². The summed E-state index contributed by atoms with van der Waals surface area (Å²) in [5, 5.41) is 17.5. The zero-order chi connectivity index (χ0) is 16.9. The Hall–Kier alpha value is -3.48. The Morgan fingerprint density at radius 2 is 1.54 bits per heavy atom. The molecule has 0 aliphatic heterocycles. The fourth-order valence-electron chi connectivity index (χ4n) is 2.25. The summed E-state index contributed by atoms with van der Waals surface area (Å²) in [7, 11) is 0. The minimum atomic E-state index is -0.497. The number of para-hydroxylation sites is 1. The molecular formula is C17H15N5O2. The Labute approximate surface area is 138 Å². The Balaban J connectivity index is 1.97. The zero-order valence-corrected chi connectivity index (χ0v) is 12.9. The van der Waals surface area contributed by atoms with Crippen molar-refractivity contribution in [3.05, 3.63) is 76.6 Å². The number of nitro groups is 1. The van der Waals surface area contributed by atoms with Crippen molar-refractivity contribution < 1.29 is 4.92 Å². The van der Waals surface area contributed by atoms with Crippen LogP contribution in [0.1, 0.15) is 5.56 Å². The van der Waals surface area contributed by atoms with Crippen LogP contribution in [0.15, 0.2) is 60.9 Å². The maximum absolute atomic E-state index is 11.5. The van der Waals surface area contributed by atoms with Gasteiger partial charge in [-0.15, -0.1) is 0 Å². The van der Waals surface area contributed by atoms with Crippen LogP contribution in [0.3, 0.4) is 0 Å². The molecule has 3 rings (SSSR count). The van der Waals surface area contributed by atoms with Gasteiger partial charge in [0.05, 0.1) is 4.92 Å². The predicted octanol–water partition coefficient (Wildman–Crippen LogP) is 4.18. The molecule has 1 aromatic heterocycles. The first-order valence-electron chi connectivity index (χ1n) is 7.28. The maximum Gasteiger partial charge on any atom is 0.353 e. The number of nitrogens with one attached hydrogen (secondary N) is 2. The number of hydrogen-bond donors (Lipinski definition) is 2. The summed E-state index contributed by atoms with van der Waals surface area (Å²) < 4.78 is 0. The Kier molecular flexibility index (Phi) is 4.33. The predicted molar refractivity (Wildman–Crippen MR) is 92.9 cm³/mol. The number of nitrogens with zero attached hydrogens (tertiary/aromatic N) is 3. The Morgan fingerprint density at radius 3 is 2.17 bits per heavy atom. The molecule has 0 unspecified atom stereocenters. The third kappa shape index (κ3) is 3.46. The van der Waals surface area contributed by atoms with Gasteiger partial charge in [-0.2, -0.15) is 0 Å². The molecule has 0 atom stereocenters. The number of hydrogen-bond acceptors (Lipinski definition) is 6. The van der Waals surface area contributed by atoms with E-state index in [1.807, 2.05) is 49.4 Å². The molecule has 0 amide bonds. The summed E-state index contributed by atoms with van der Waals surface area (Å²) in [5.74, 6) is 0.274. The first-order valence-corrected chi connectivity index (χ1v) is 7.28. The molecule has 0 saturated carbocycles. The van der Waals surface area contributed by atoms with Gasteiger partial charge in [0.25, 0.3) is 0 Å². The van der Waals surface area contributed by atoms with Gasteiger partial charge >= 0.3 is 5.69 Å². The molecule has 24 heavy (non-hydrogen) atoms. The molecule has 0 saturated heterocycles. The molecule has 0 bridgehead atoms. The highest BCUT2D eigenvalue weighted by Crippen LogP contribution is 2.32. The summed E-state index contributed by atoms with van der Waals surface area (Å²) in [6.07, 6.45) is 1.29. The Morgan fingerprint density at radius 1 is 0.917 bits per heavy atom. The highest BCUT2D eigenvalue weighted by molar-refractivity contribution is 5.76. The molecule has 120 valence electrons. The molecule has 0 radical (unpaired) electrons. The van der Waals surface area contributed by atoms with Gasteiger partial charge in [-0.3, -0.25) is 10.1 Å². The molecule has 0 aliphatic carbocycles. The third-order valence-corrected chi connectivity index (χ3v) is 3.32. The smallest absolute Gasteiger partial charge is 0.334 e. The van der Waals surface area contributed by atoms with Crippen LogP contribution in [0.4, 0.5) is 28.7 Å². The molecule has 0 spiro atoms. The van der Waals surface area contributed by atoms with Crippen molar-refractivity contribution in [2.24, 2.45) is 0 Å². The van der Waals surface area contributed by atoms with Crippen LogP contribution in [0.5, 0.6) is 0 Å². The fraction of sp³-hybridized carbons (Fsp3) is 0.0588. The van der Waals surface area contributed by atoms with Gasteiger partial charge in [0, 0.05) is 11.4 Å². The van der Waals surface area contributed by atoms with E-state index in [1.54, 1.807) is 12.1 Å². The van der Waals surface area contributed by atoms with Gasteiger partial charge in [0.1, 0.15) is 6.33 Å². The fourth-order valence-corrected chi connectivity index (χ4v) is 2.25.